The molecular formula is C10H14N4. The van der Waals surface area contributed by atoms with Gasteiger partial charge >= 0.3 is 0 Å². The Morgan fingerprint density at radius 2 is 2.29 bits per heavy atom. The maximum atomic E-state index is 5.41. The number of aromatic nitrogens is 2. The van der Waals surface area contributed by atoms with Crippen LogP contribution in [0.25, 0.3) is 11.0 Å². The van der Waals surface area contributed by atoms with Gasteiger partial charge in [0, 0.05) is 6.54 Å². The third kappa shape index (κ3) is 1.15. The first-order valence-corrected chi connectivity index (χ1v) is 4.70. The molecule has 14 heavy (non-hydrogen) atoms. The zero-order valence-electron chi connectivity index (χ0n) is 8.41. The lowest BCUT2D eigenvalue weighted by Crippen LogP contribution is -2.12. The van der Waals surface area contributed by atoms with Crippen molar-refractivity contribution in [1.82, 2.24) is 9.55 Å². The summed E-state index contributed by atoms with van der Waals surface area (Å²) in [6.07, 6.45) is 0. The number of nitrogens with zero attached hydrogens (tertiary/aromatic N) is 2. The summed E-state index contributed by atoms with van der Waals surface area (Å²) in [5.41, 5.74) is 5.98. The van der Waals surface area contributed by atoms with Crippen molar-refractivity contribution in [2.75, 3.05) is 5.43 Å². The van der Waals surface area contributed by atoms with Crippen LogP contribution in [0.1, 0.15) is 12.5 Å². The molecule has 0 radical (unpaired) electrons. The van der Waals surface area contributed by atoms with Crippen molar-refractivity contribution in [2.45, 2.75) is 20.4 Å². The molecule has 0 saturated carbocycles. The minimum Gasteiger partial charge on any atom is -0.309 e. The molecule has 0 fully saturated rings. The fourth-order valence-electron chi connectivity index (χ4n) is 1.78. The van der Waals surface area contributed by atoms with Crippen molar-refractivity contribution in [2.24, 2.45) is 5.84 Å². The second-order valence-corrected chi connectivity index (χ2v) is 3.27. The van der Waals surface area contributed by atoms with E-state index in [1.807, 2.05) is 12.1 Å². The zero-order valence-corrected chi connectivity index (χ0v) is 8.41. The van der Waals surface area contributed by atoms with Gasteiger partial charge in [-0.15, -0.1) is 0 Å². The van der Waals surface area contributed by atoms with E-state index in [9.17, 15) is 0 Å². The number of fused-ring (bicyclic) bond motifs is 1. The topological polar surface area (TPSA) is 55.9 Å². The fraction of sp³-hybridized carbons (Fsp3) is 0.300. The molecule has 0 saturated heterocycles. The van der Waals surface area contributed by atoms with Crippen molar-refractivity contribution < 1.29 is 0 Å². The first kappa shape index (κ1) is 9.02. The molecule has 4 nitrogen and oxygen atoms in total. The minimum atomic E-state index is 0.719. The van der Waals surface area contributed by atoms with Crippen LogP contribution in [0.3, 0.4) is 0 Å². The lowest BCUT2D eigenvalue weighted by molar-refractivity contribution is 0.789. The van der Waals surface area contributed by atoms with Crippen LogP contribution in [0.2, 0.25) is 0 Å². The van der Waals surface area contributed by atoms with Crippen LogP contribution in [0.5, 0.6) is 0 Å². The molecule has 2 rings (SSSR count). The molecule has 1 heterocycles. The number of anilines is 1. The quantitative estimate of drug-likeness (QED) is 0.559. The number of para-hydroxylation sites is 1. The number of aryl methyl sites for hydroxylation is 2. The summed E-state index contributed by atoms with van der Waals surface area (Å²) < 4.78 is 2.07. The van der Waals surface area contributed by atoms with Gasteiger partial charge in [-0.2, -0.15) is 0 Å². The smallest absolute Gasteiger partial charge is 0.218 e. The summed E-state index contributed by atoms with van der Waals surface area (Å²) in [7, 11) is 0. The van der Waals surface area contributed by atoms with Crippen LogP contribution in [0, 0.1) is 6.92 Å². The second-order valence-electron chi connectivity index (χ2n) is 3.27. The molecule has 3 N–H and O–H groups in total. The Balaban J connectivity index is 2.81. The summed E-state index contributed by atoms with van der Waals surface area (Å²) in [6, 6.07) is 6.08. The van der Waals surface area contributed by atoms with E-state index in [1.54, 1.807) is 0 Å². The molecule has 0 unspecified atom stereocenters. The summed E-state index contributed by atoms with van der Waals surface area (Å²) in [5, 5.41) is 0. The van der Waals surface area contributed by atoms with E-state index in [4.69, 9.17) is 5.84 Å². The monoisotopic (exact) mass is 190 g/mol. The van der Waals surface area contributed by atoms with Crippen molar-refractivity contribution in [3.8, 4) is 0 Å². The number of rotatable bonds is 2. The molecule has 4 heteroatoms. The van der Waals surface area contributed by atoms with E-state index in [0.29, 0.717) is 0 Å². The Kier molecular flexibility index (Phi) is 2.13. The number of nitrogen functional groups attached to an aromatic ring is 1. The molecule has 74 valence electrons. The van der Waals surface area contributed by atoms with E-state index in [1.165, 1.54) is 5.56 Å². The molecule has 0 aliphatic carbocycles. The molecule has 0 aliphatic rings. The first-order valence-electron chi connectivity index (χ1n) is 4.70. The van der Waals surface area contributed by atoms with Gasteiger partial charge in [0.15, 0.2) is 0 Å². The Labute approximate surface area is 82.7 Å². The largest absolute Gasteiger partial charge is 0.309 e. The SMILES string of the molecule is CCn1c(NN)nc2cccc(C)c21. The molecule has 1 aromatic carbocycles. The van der Waals surface area contributed by atoms with Gasteiger partial charge in [-0.1, -0.05) is 12.1 Å². The Morgan fingerprint density at radius 1 is 1.50 bits per heavy atom. The van der Waals surface area contributed by atoms with E-state index in [-0.39, 0.29) is 0 Å². The van der Waals surface area contributed by atoms with Crippen LogP contribution in [-0.4, -0.2) is 9.55 Å². The van der Waals surface area contributed by atoms with Gasteiger partial charge in [0.1, 0.15) is 0 Å². The second kappa shape index (κ2) is 3.31. The van der Waals surface area contributed by atoms with Gasteiger partial charge in [-0.05, 0) is 25.5 Å². The van der Waals surface area contributed by atoms with Gasteiger partial charge in [-0.25, -0.2) is 10.8 Å². The van der Waals surface area contributed by atoms with Crippen LogP contribution in [0.4, 0.5) is 5.95 Å². The predicted molar refractivity (Wildman–Crippen MR) is 58.0 cm³/mol. The average Bonchev–Trinajstić information content (AvgIpc) is 2.56. The Morgan fingerprint density at radius 3 is 2.93 bits per heavy atom. The minimum absolute atomic E-state index is 0.719. The Bertz CT molecular complexity index is 458. The predicted octanol–water partition coefficient (Wildman–Crippen LogP) is 1.65. The Hall–Kier alpha value is -1.55. The third-order valence-corrected chi connectivity index (χ3v) is 2.41. The first-order chi connectivity index (χ1) is 6.77. The number of nitrogens with two attached hydrogens (primary N) is 1. The number of imidazole rings is 1. The number of nitrogens with one attached hydrogen (secondary N) is 1. The van der Waals surface area contributed by atoms with E-state index >= 15 is 0 Å². The average molecular weight is 190 g/mol. The van der Waals surface area contributed by atoms with Crippen LogP contribution < -0.4 is 11.3 Å². The molecule has 0 bridgehead atoms. The van der Waals surface area contributed by atoms with E-state index < -0.39 is 0 Å². The molecular weight excluding hydrogens is 176 g/mol. The summed E-state index contributed by atoms with van der Waals surface area (Å²) in [6.45, 7) is 5.02. The van der Waals surface area contributed by atoms with Crippen molar-refractivity contribution in [1.29, 1.82) is 0 Å². The summed E-state index contributed by atoms with van der Waals surface area (Å²) in [4.78, 5) is 4.39. The molecule has 1 aromatic heterocycles. The lowest BCUT2D eigenvalue weighted by Gasteiger charge is -2.05. The van der Waals surface area contributed by atoms with Crippen molar-refractivity contribution in [3.63, 3.8) is 0 Å². The zero-order chi connectivity index (χ0) is 10.1. The van der Waals surface area contributed by atoms with Gasteiger partial charge < -0.3 is 4.57 Å². The highest BCUT2D eigenvalue weighted by Crippen LogP contribution is 2.21. The molecule has 0 spiro atoms. The van der Waals surface area contributed by atoms with Crippen LogP contribution >= 0.6 is 0 Å². The molecule has 0 amide bonds. The van der Waals surface area contributed by atoms with Crippen LogP contribution in [-0.2, 0) is 6.54 Å². The van der Waals surface area contributed by atoms with E-state index in [2.05, 4.69) is 34.9 Å². The van der Waals surface area contributed by atoms with Gasteiger partial charge in [-0.3, -0.25) is 5.43 Å². The number of benzene rings is 1. The van der Waals surface area contributed by atoms with Crippen LogP contribution in [0.15, 0.2) is 18.2 Å². The standard InChI is InChI=1S/C10H14N4/c1-3-14-9-7(2)5-4-6-8(9)12-10(14)13-11/h4-6H,3,11H2,1-2H3,(H,12,13). The highest BCUT2D eigenvalue weighted by molar-refractivity contribution is 5.81. The molecule has 2 aromatic rings. The highest BCUT2D eigenvalue weighted by atomic mass is 15.3. The highest BCUT2D eigenvalue weighted by Gasteiger charge is 2.09. The number of hydrazine groups is 1. The molecule has 0 aliphatic heterocycles. The maximum Gasteiger partial charge on any atom is 0.218 e. The van der Waals surface area contributed by atoms with Gasteiger partial charge in [0.2, 0.25) is 5.95 Å². The van der Waals surface area contributed by atoms with Crippen molar-refractivity contribution >= 4 is 17.0 Å². The fourth-order valence-corrected chi connectivity index (χ4v) is 1.78. The van der Waals surface area contributed by atoms with Crippen molar-refractivity contribution in [3.05, 3.63) is 23.8 Å². The van der Waals surface area contributed by atoms with E-state index in [0.717, 1.165) is 23.5 Å². The maximum absolute atomic E-state index is 5.41. The number of hydrogen-bond acceptors (Lipinski definition) is 3. The lowest BCUT2D eigenvalue weighted by atomic mass is 10.2. The normalized spacial score (nSPS) is 10.8. The third-order valence-electron chi connectivity index (χ3n) is 2.41. The van der Waals surface area contributed by atoms with Gasteiger partial charge in [0.25, 0.3) is 0 Å². The van der Waals surface area contributed by atoms with Gasteiger partial charge in [0.05, 0.1) is 11.0 Å². The molecule has 0 atom stereocenters. The summed E-state index contributed by atoms with van der Waals surface area (Å²) >= 11 is 0. The summed E-state index contributed by atoms with van der Waals surface area (Å²) in [5.74, 6) is 6.13. The number of hydrogen-bond donors (Lipinski definition) is 2.